The summed E-state index contributed by atoms with van der Waals surface area (Å²) in [4.78, 5) is 27.6. The molecule has 1 aromatic carbocycles. The topological polar surface area (TPSA) is 67.5 Å². The molecule has 3 aliphatic rings. The zero-order valence-corrected chi connectivity index (χ0v) is 15.6. The van der Waals surface area contributed by atoms with Gasteiger partial charge in [0.25, 0.3) is 5.91 Å². The van der Waals surface area contributed by atoms with E-state index in [1.165, 1.54) is 32.1 Å². The maximum absolute atomic E-state index is 13.3. The van der Waals surface area contributed by atoms with E-state index in [0.29, 0.717) is 24.6 Å². The van der Waals surface area contributed by atoms with E-state index < -0.39 is 6.10 Å². The molecule has 1 N–H and O–H groups in total. The van der Waals surface area contributed by atoms with E-state index in [1.54, 1.807) is 4.90 Å². The van der Waals surface area contributed by atoms with Gasteiger partial charge in [-0.3, -0.25) is 13.9 Å². The average Bonchev–Trinajstić information content (AvgIpc) is 3.44. The number of aromatic nitrogens is 2. The molecule has 0 atom stereocenters. The second-order valence-corrected chi connectivity index (χ2v) is 8.57. The van der Waals surface area contributed by atoms with Crippen molar-refractivity contribution in [2.75, 3.05) is 13.1 Å². The third-order valence-corrected chi connectivity index (χ3v) is 6.44. The molecule has 2 aromatic rings. The van der Waals surface area contributed by atoms with Gasteiger partial charge in [-0.15, -0.1) is 0 Å². The number of fused-ring (bicyclic) bond motifs is 1. The van der Waals surface area contributed by atoms with Gasteiger partial charge in [0.05, 0.1) is 17.1 Å². The van der Waals surface area contributed by atoms with Crippen LogP contribution in [-0.2, 0) is 6.54 Å². The molecule has 0 bridgehead atoms. The molecular weight excluding hydrogens is 342 g/mol. The van der Waals surface area contributed by atoms with Crippen LogP contribution in [-0.4, -0.2) is 44.2 Å². The SMILES string of the molecule is O=C(c1ccc2c(c1)n(CC1CC1)c(=O)n2C1CCCCC1)N1CC(O)C1. The predicted octanol–water partition coefficient (Wildman–Crippen LogP) is 2.53. The molecule has 0 spiro atoms. The highest BCUT2D eigenvalue weighted by molar-refractivity contribution is 5.98. The number of aliphatic hydroxyl groups excluding tert-OH is 1. The molecule has 144 valence electrons. The van der Waals surface area contributed by atoms with Gasteiger partial charge < -0.3 is 10.0 Å². The van der Waals surface area contributed by atoms with E-state index in [9.17, 15) is 14.7 Å². The second kappa shape index (κ2) is 6.51. The van der Waals surface area contributed by atoms with Crippen LogP contribution in [0.2, 0.25) is 0 Å². The van der Waals surface area contributed by atoms with Crippen LogP contribution >= 0.6 is 0 Å². The molecule has 0 radical (unpaired) electrons. The number of carbonyl (C=O) groups is 1. The van der Waals surface area contributed by atoms with Gasteiger partial charge in [0.15, 0.2) is 0 Å². The van der Waals surface area contributed by atoms with E-state index in [0.717, 1.165) is 30.4 Å². The van der Waals surface area contributed by atoms with Crippen molar-refractivity contribution in [2.24, 2.45) is 5.92 Å². The fourth-order valence-corrected chi connectivity index (χ4v) is 4.64. The normalized spacial score (nSPS) is 21.6. The fourth-order valence-electron chi connectivity index (χ4n) is 4.64. The zero-order chi connectivity index (χ0) is 18.5. The number of hydrogen-bond donors (Lipinski definition) is 1. The van der Waals surface area contributed by atoms with Gasteiger partial charge in [0, 0.05) is 31.2 Å². The Labute approximate surface area is 158 Å². The molecular formula is C21H27N3O3. The second-order valence-electron chi connectivity index (χ2n) is 8.57. The summed E-state index contributed by atoms with van der Waals surface area (Å²) >= 11 is 0. The lowest BCUT2D eigenvalue weighted by atomic mass is 9.95. The Bertz CT molecular complexity index is 928. The highest BCUT2D eigenvalue weighted by atomic mass is 16.3. The predicted molar refractivity (Wildman–Crippen MR) is 103 cm³/mol. The van der Waals surface area contributed by atoms with Crippen molar-refractivity contribution in [1.82, 2.24) is 14.0 Å². The molecule has 1 aliphatic heterocycles. The number of carbonyl (C=O) groups excluding carboxylic acids is 1. The van der Waals surface area contributed by atoms with Crippen molar-refractivity contribution in [2.45, 2.75) is 63.6 Å². The number of imidazole rings is 1. The molecule has 5 rings (SSSR count). The molecule has 27 heavy (non-hydrogen) atoms. The van der Waals surface area contributed by atoms with Gasteiger partial charge in [-0.05, 0) is 49.8 Å². The fraction of sp³-hybridized carbons (Fsp3) is 0.619. The molecule has 2 saturated carbocycles. The Hall–Kier alpha value is -2.08. The number of nitrogens with zero attached hydrogens (tertiary/aromatic N) is 3. The first-order valence-corrected chi connectivity index (χ1v) is 10.3. The first-order chi connectivity index (χ1) is 13.1. The van der Waals surface area contributed by atoms with Gasteiger partial charge in [-0.1, -0.05) is 19.3 Å². The van der Waals surface area contributed by atoms with Gasteiger partial charge >= 0.3 is 5.69 Å². The molecule has 1 amide bonds. The lowest BCUT2D eigenvalue weighted by molar-refractivity contribution is 0.00590. The Morgan fingerprint density at radius 2 is 1.78 bits per heavy atom. The quantitative estimate of drug-likeness (QED) is 0.901. The third kappa shape index (κ3) is 3.00. The Balaban J connectivity index is 1.57. The minimum Gasteiger partial charge on any atom is -0.389 e. The number of benzene rings is 1. The van der Waals surface area contributed by atoms with Crippen molar-refractivity contribution < 1.29 is 9.90 Å². The standard InChI is InChI=1S/C21H27N3O3/c25-17-12-22(13-17)20(26)15-8-9-18-19(10-15)23(11-14-6-7-14)21(27)24(18)16-4-2-1-3-5-16/h8-10,14,16-17,25H,1-7,11-13H2. The van der Waals surface area contributed by atoms with E-state index in [4.69, 9.17) is 0 Å². The maximum atomic E-state index is 13.3. The molecule has 6 heteroatoms. The van der Waals surface area contributed by atoms with E-state index in [-0.39, 0.29) is 17.6 Å². The number of amides is 1. The molecule has 2 heterocycles. The zero-order valence-electron chi connectivity index (χ0n) is 15.6. The van der Waals surface area contributed by atoms with Crippen LogP contribution in [0.25, 0.3) is 11.0 Å². The molecule has 1 saturated heterocycles. The summed E-state index contributed by atoms with van der Waals surface area (Å²) in [5.41, 5.74) is 2.56. The van der Waals surface area contributed by atoms with Crippen molar-refractivity contribution in [3.05, 3.63) is 34.2 Å². The highest BCUT2D eigenvalue weighted by Gasteiger charge is 2.31. The summed E-state index contributed by atoms with van der Waals surface area (Å²) in [6, 6.07) is 5.97. The summed E-state index contributed by atoms with van der Waals surface area (Å²) in [6.45, 7) is 1.55. The number of likely N-dealkylation sites (tertiary alicyclic amines) is 1. The minimum absolute atomic E-state index is 0.0574. The monoisotopic (exact) mass is 369 g/mol. The first kappa shape index (κ1) is 17.0. The van der Waals surface area contributed by atoms with Crippen molar-refractivity contribution in [3.63, 3.8) is 0 Å². The Kier molecular flexibility index (Phi) is 4.11. The molecule has 6 nitrogen and oxygen atoms in total. The van der Waals surface area contributed by atoms with Gasteiger partial charge in [0.2, 0.25) is 0 Å². The Morgan fingerprint density at radius 3 is 2.44 bits per heavy atom. The average molecular weight is 369 g/mol. The van der Waals surface area contributed by atoms with Gasteiger partial charge in [0.1, 0.15) is 0 Å². The van der Waals surface area contributed by atoms with Crippen LogP contribution in [0.1, 0.15) is 61.3 Å². The van der Waals surface area contributed by atoms with Crippen LogP contribution in [0.15, 0.2) is 23.0 Å². The van der Waals surface area contributed by atoms with Gasteiger partial charge in [-0.25, -0.2) is 4.79 Å². The van der Waals surface area contributed by atoms with Crippen LogP contribution in [0.5, 0.6) is 0 Å². The third-order valence-electron chi connectivity index (χ3n) is 6.44. The summed E-state index contributed by atoms with van der Waals surface area (Å²) in [6.07, 6.45) is 7.72. The summed E-state index contributed by atoms with van der Waals surface area (Å²) in [5, 5.41) is 9.48. The van der Waals surface area contributed by atoms with Crippen molar-refractivity contribution >= 4 is 16.9 Å². The lowest BCUT2D eigenvalue weighted by Crippen LogP contribution is -2.53. The molecule has 3 fully saturated rings. The van der Waals surface area contributed by atoms with Crippen LogP contribution in [0, 0.1) is 5.92 Å². The lowest BCUT2D eigenvalue weighted by Gasteiger charge is -2.35. The molecule has 0 unspecified atom stereocenters. The number of β-amino-alcohol motifs (C(OH)–C–C–N with tert-alkyl or cyclic N) is 1. The van der Waals surface area contributed by atoms with Crippen LogP contribution in [0.3, 0.4) is 0 Å². The van der Waals surface area contributed by atoms with E-state index in [1.807, 2.05) is 27.3 Å². The van der Waals surface area contributed by atoms with Gasteiger partial charge in [-0.2, -0.15) is 0 Å². The number of hydrogen-bond acceptors (Lipinski definition) is 3. The van der Waals surface area contributed by atoms with Crippen molar-refractivity contribution in [3.8, 4) is 0 Å². The van der Waals surface area contributed by atoms with E-state index >= 15 is 0 Å². The summed E-state index contributed by atoms with van der Waals surface area (Å²) < 4.78 is 3.90. The first-order valence-electron chi connectivity index (χ1n) is 10.3. The number of aliphatic hydroxyl groups is 1. The van der Waals surface area contributed by atoms with Crippen LogP contribution < -0.4 is 5.69 Å². The largest absolute Gasteiger partial charge is 0.389 e. The molecule has 2 aliphatic carbocycles. The number of rotatable bonds is 4. The minimum atomic E-state index is -0.405. The summed E-state index contributed by atoms with van der Waals surface area (Å²) in [5.74, 6) is 0.538. The smallest absolute Gasteiger partial charge is 0.329 e. The van der Waals surface area contributed by atoms with E-state index in [2.05, 4.69) is 0 Å². The molecule has 1 aromatic heterocycles. The summed E-state index contributed by atoms with van der Waals surface area (Å²) in [7, 11) is 0. The Morgan fingerprint density at radius 1 is 1.04 bits per heavy atom. The van der Waals surface area contributed by atoms with Crippen LogP contribution in [0.4, 0.5) is 0 Å². The van der Waals surface area contributed by atoms with Crippen molar-refractivity contribution in [1.29, 1.82) is 0 Å². The maximum Gasteiger partial charge on any atom is 0.329 e. The highest BCUT2D eigenvalue weighted by Crippen LogP contribution is 2.34.